The number of oxazole rings is 1. The van der Waals surface area contributed by atoms with Gasteiger partial charge in [-0.3, -0.25) is 14.2 Å². The Bertz CT molecular complexity index is 946. The van der Waals surface area contributed by atoms with E-state index >= 15 is 0 Å². The van der Waals surface area contributed by atoms with Gasteiger partial charge in [-0.1, -0.05) is 6.07 Å². The van der Waals surface area contributed by atoms with Crippen molar-refractivity contribution in [2.24, 2.45) is 13.0 Å². The number of nitrogens with one attached hydrogen (secondary N) is 1. The van der Waals surface area contributed by atoms with Crippen LogP contribution in [-0.2, 0) is 16.6 Å². The van der Waals surface area contributed by atoms with Gasteiger partial charge in [-0.2, -0.15) is 0 Å². The highest BCUT2D eigenvalue weighted by atomic mass is 16.5. The van der Waals surface area contributed by atoms with Gasteiger partial charge in [0.1, 0.15) is 0 Å². The van der Waals surface area contributed by atoms with Crippen LogP contribution in [0.25, 0.3) is 11.1 Å². The lowest BCUT2D eigenvalue weighted by molar-refractivity contribution is -0.122. The average Bonchev–Trinajstić information content (AvgIpc) is 3.12. The minimum atomic E-state index is -0.501. The molecule has 2 aliphatic heterocycles. The second-order valence-electron chi connectivity index (χ2n) is 7.13. The molecule has 138 valence electrons. The van der Waals surface area contributed by atoms with E-state index in [0.29, 0.717) is 49.4 Å². The fourth-order valence-corrected chi connectivity index (χ4v) is 4.15. The Labute approximate surface area is 149 Å². The summed E-state index contributed by atoms with van der Waals surface area (Å²) in [6.07, 6.45) is 0.672. The number of carbonyl (C=O) groups is 2. The van der Waals surface area contributed by atoms with Crippen LogP contribution >= 0.6 is 0 Å². The molecule has 2 amide bonds. The number of aromatic nitrogens is 1. The first-order valence-corrected chi connectivity index (χ1v) is 8.65. The highest BCUT2D eigenvalue weighted by Crippen LogP contribution is 2.35. The van der Waals surface area contributed by atoms with Gasteiger partial charge in [0.2, 0.25) is 5.91 Å². The molecule has 2 atom stereocenters. The molecule has 8 nitrogen and oxygen atoms in total. The predicted octanol–water partition coefficient (Wildman–Crippen LogP) is 0.499. The Morgan fingerprint density at radius 1 is 1.35 bits per heavy atom. The smallest absolute Gasteiger partial charge is 0.407 e. The third-order valence-electron chi connectivity index (χ3n) is 5.47. The van der Waals surface area contributed by atoms with Gasteiger partial charge in [-0.05, 0) is 18.6 Å². The van der Waals surface area contributed by atoms with Gasteiger partial charge in [0.05, 0.1) is 23.2 Å². The predicted molar refractivity (Wildman–Crippen MR) is 92.8 cm³/mol. The number of hydrogen-bond donors (Lipinski definition) is 1. The van der Waals surface area contributed by atoms with Crippen LogP contribution < -0.4 is 11.1 Å². The highest BCUT2D eigenvalue weighted by Gasteiger charge is 2.50. The fourth-order valence-electron chi connectivity index (χ4n) is 4.15. The van der Waals surface area contributed by atoms with Crippen molar-refractivity contribution >= 4 is 22.9 Å². The van der Waals surface area contributed by atoms with Crippen LogP contribution in [0, 0.1) is 5.92 Å². The van der Waals surface area contributed by atoms with E-state index in [0.717, 1.165) is 0 Å². The first-order valence-electron chi connectivity index (χ1n) is 8.65. The number of aryl methyl sites for hydroxylation is 1. The molecule has 4 rings (SSSR count). The SMILES string of the molecule is CC(=O)N[C@@]12CCOC[C@@H]1CN(C(=O)c1cccc3c1oc(=O)n3C)C2. The minimum Gasteiger partial charge on any atom is -0.407 e. The van der Waals surface area contributed by atoms with Crippen LogP contribution in [0.15, 0.2) is 27.4 Å². The standard InChI is InChI=1S/C18H21N3O5/c1-11(22)19-18-6-7-25-9-12(18)8-21(10-18)16(23)13-4-3-5-14-15(13)26-17(24)20(14)2/h3-5,12H,6-10H2,1-2H3,(H,19,22)/t12-,18+/m0/s1. The minimum absolute atomic E-state index is 0.0473. The van der Waals surface area contributed by atoms with Gasteiger partial charge in [-0.15, -0.1) is 0 Å². The number of fused-ring (bicyclic) bond motifs is 2. The molecule has 0 unspecified atom stereocenters. The van der Waals surface area contributed by atoms with Crippen LogP contribution in [0.1, 0.15) is 23.7 Å². The fraction of sp³-hybridized carbons (Fsp3) is 0.500. The summed E-state index contributed by atoms with van der Waals surface area (Å²) in [5.41, 5.74) is 0.783. The zero-order chi connectivity index (χ0) is 18.5. The largest absolute Gasteiger partial charge is 0.419 e. The van der Waals surface area contributed by atoms with Crippen molar-refractivity contribution in [1.82, 2.24) is 14.8 Å². The summed E-state index contributed by atoms with van der Waals surface area (Å²) in [5.74, 6) is -0.768. The van der Waals surface area contributed by atoms with E-state index in [1.807, 2.05) is 0 Å². The van der Waals surface area contributed by atoms with Crippen LogP contribution in [-0.4, -0.2) is 53.1 Å². The second kappa shape index (κ2) is 5.98. The van der Waals surface area contributed by atoms with E-state index in [2.05, 4.69) is 5.32 Å². The second-order valence-corrected chi connectivity index (χ2v) is 7.13. The summed E-state index contributed by atoms with van der Waals surface area (Å²) in [7, 11) is 1.61. The van der Waals surface area contributed by atoms with E-state index in [9.17, 15) is 14.4 Å². The molecular formula is C18H21N3O5. The molecule has 0 radical (unpaired) electrons. The van der Waals surface area contributed by atoms with E-state index in [1.165, 1.54) is 11.5 Å². The number of ether oxygens (including phenoxy) is 1. The third-order valence-corrected chi connectivity index (χ3v) is 5.47. The molecule has 8 heteroatoms. The number of amides is 2. The first kappa shape index (κ1) is 16.8. The van der Waals surface area contributed by atoms with Crippen LogP contribution in [0.3, 0.4) is 0 Å². The number of hydrogen-bond acceptors (Lipinski definition) is 5. The average molecular weight is 359 g/mol. The molecule has 0 aliphatic carbocycles. The Balaban J connectivity index is 1.69. The lowest BCUT2D eigenvalue weighted by Crippen LogP contribution is -2.57. The van der Waals surface area contributed by atoms with Gasteiger partial charge in [-0.25, -0.2) is 4.79 Å². The first-order chi connectivity index (χ1) is 12.4. The normalized spacial score (nSPS) is 25.3. The lowest BCUT2D eigenvalue weighted by atomic mass is 9.83. The van der Waals surface area contributed by atoms with Gasteiger partial charge >= 0.3 is 5.76 Å². The van der Waals surface area contributed by atoms with Crippen molar-refractivity contribution in [3.63, 3.8) is 0 Å². The highest BCUT2D eigenvalue weighted by molar-refractivity contribution is 6.04. The maximum absolute atomic E-state index is 13.2. The molecule has 3 heterocycles. The number of nitrogens with zero attached hydrogens (tertiary/aromatic N) is 2. The molecule has 1 aromatic carbocycles. The maximum Gasteiger partial charge on any atom is 0.419 e. The molecule has 0 spiro atoms. The lowest BCUT2D eigenvalue weighted by Gasteiger charge is -2.38. The number of rotatable bonds is 2. The summed E-state index contributed by atoms with van der Waals surface area (Å²) in [5, 5.41) is 3.05. The van der Waals surface area contributed by atoms with Gasteiger partial charge in [0, 0.05) is 39.6 Å². The molecule has 2 saturated heterocycles. The molecular weight excluding hydrogens is 338 g/mol. The molecule has 2 fully saturated rings. The van der Waals surface area contributed by atoms with Crippen LogP contribution in [0.4, 0.5) is 0 Å². The Morgan fingerprint density at radius 2 is 2.15 bits per heavy atom. The zero-order valence-electron chi connectivity index (χ0n) is 14.8. The van der Waals surface area contributed by atoms with Gasteiger partial charge in [0.25, 0.3) is 5.91 Å². The van der Waals surface area contributed by atoms with Crippen molar-refractivity contribution in [3.8, 4) is 0 Å². The third kappa shape index (κ3) is 2.52. The molecule has 2 aromatic rings. The van der Waals surface area contributed by atoms with E-state index in [4.69, 9.17) is 9.15 Å². The van der Waals surface area contributed by atoms with Gasteiger partial charge < -0.3 is 19.4 Å². The number of carbonyl (C=O) groups excluding carboxylic acids is 2. The number of para-hydroxylation sites is 1. The van der Waals surface area contributed by atoms with Crippen molar-refractivity contribution in [1.29, 1.82) is 0 Å². The zero-order valence-corrected chi connectivity index (χ0v) is 14.8. The summed E-state index contributed by atoms with van der Waals surface area (Å²) in [6.45, 7) is 3.47. The summed E-state index contributed by atoms with van der Waals surface area (Å²) in [4.78, 5) is 38.4. The topological polar surface area (TPSA) is 93.8 Å². The molecule has 0 saturated carbocycles. The van der Waals surface area contributed by atoms with Crippen molar-refractivity contribution in [2.45, 2.75) is 18.9 Å². The van der Waals surface area contributed by atoms with E-state index in [-0.39, 0.29) is 17.7 Å². The van der Waals surface area contributed by atoms with Crippen LogP contribution in [0.5, 0.6) is 0 Å². The molecule has 1 aromatic heterocycles. The Kier molecular flexibility index (Phi) is 3.87. The summed E-state index contributed by atoms with van der Waals surface area (Å²) in [6, 6.07) is 5.14. The Hall–Kier alpha value is -2.61. The Morgan fingerprint density at radius 3 is 2.92 bits per heavy atom. The summed E-state index contributed by atoms with van der Waals surface area (Å²) < 4.78 is 12.2. The van der Waals surface area contributed by atoms with Crippen LogP contribution in [0.2, 0.25) is 0 Å². The monoisotopic (exact) mass is 359 g/mol. The molecule has 2 aliphatic rings. The number of benzene rings is 1. The number of likely N-dealkylation sites (tertiary alicyclic amines) is 1. The molecule has 0 bridgehead atoms. The van der Waals surface area contributed by atoms with Crippen molar-refractivity contribution < 1.29 is 18.7 Å². The maximum atomic E-state index is 13.2. The van der Waals surface area contributed by atoms with E-state index < -0.39 is 11.3 Å². The quantitative estimate of drug-likeness (QED) is 0.843. The molecule has 1 N–H and O–H groups in total. The van der Waals surface area contributed by atoms with Crippen molar-refractivity contribution in [3.05, 3.63) is 34.3 Å². The van der Waals surface area contributed by atoms with E-state index in [1.54, 1.807) is 30.1 Å². The van der Waals surface area contributed by atoms with Gasteiger partial charge in [0.15, 0.2) is 5.58 Å². The van der Waals surface area contributed by atoms with Crippen molar-refractivity contribution in [2.75, 3.05) is 26.3 Å². The molecule has 26 heavy (non-hydrogen) atoms. The summed E-state index contributed by atoms with van der Waals surface area (Å²) >= 11 is 0.